The van der Waals surface area contributed by atoms with Gasteiger partial charge in [0, 0.05) is 42.8 Å². The first-order valence-electron chi connectivity index (χ1n) is 8.58. The fourth-order valence-corrected chi connectivity index (χ4v) is 3.59. The van der Waals surface area contributed by atoms with Crippen molar-refractivity contribution >= 4 is 5.91 Å². The number of nitrogens with zero attached hydrogens (tertiary/aromatic N) is 4. The number of nitrogens with one attached hydrogen (secondary N) is 1. The average Bonchev–Trinajstić information content (AvgIpc) is 3.35. The maximum atomic E-state index is 12.7. The van der Waals surface area contributed by atoms with Crippen molar-refractivity contribution in [1.82, 2.24) is 24.6 Å². The molecule has 0 radical (unpaired) electrons. The standard InChI is InChI=1S/C19H21N5O/c1-23-12-16(11-21-23)14-4-2-5-15(10-14)19(25)22-17-6-3-7-18(17)24-9-8-20-13-24/h2,4-5,8-13,17-18H,3,6-7H2,1H3,(H,22,25)/t17-,18+/m1/s1. The van der Waals surface area contributed by atoms with E-state index in [4.69, 9.17) is 0 Å². The van der Waals surface area contributed by atoms with Crippen LogP contribution in [0, 0.1) is 0 Å². The van der Waals surface area contributed by atoms with Gasteiger partial charge in [-0.25, -0.2) is 4.98 Å². The lowest BCUT2D eigenvalue weighted by Gasteiger charge is -2.22. The van der Waals surface area contributed by atoms with Crippen molar-refractivity contribution in [3.05, 3.63) is 60.9 Å². The molecule has 1 aromatic carbocycles. The van der Waals surface area contributed by atoms with E-state index in [0.717, 1.165) is 30.4 Å². The molecule has 1 aliphatic rings. The summed E-state index contributed by atoms with van der Waals surface area (Å²) in [5.74, 6) is -0.0252. The van der Waals surface area contributed by atoms with Crippen molar-refractivity contribution in [3.8, 4) is 11.1 Å². The summed E-state index contributed by atoms with van der Waals surface area (Å²) in [5, 5.41) is 7.41. The second kappa shape index (κ2) is 6.55. The third kappa shape index (κ3) is 3.20. The Kier molecular flexibility index (Phi) is 4.09. The van der Waals surface area contributed by atoms with E-state index in [1.165, 1.54) is 0 Å². The number of amides is 1. The number of aromatic nitrogens is 4. The average molecular weight is 335 g/mol. The van der Waals surface area contributed by atoms with Gasteiger partial charge in [0.15, 0.2) is 0 Å². The minimum Gasteiger partial charge on any atom is -0.347 e. The number of carbonyl (C=O) groups excluding carboxylic acids is 1. The lowest BCUT2D eigenvalue weighted by molar-refractivity contribution is 0.0929. The number of carbonyl (C=O) groups is 1. The highest BCUT2D eigenvalue weighted by Crippen LogP contribution is 2.30. The molecule has 3 aromatic rings. The van der Waals surface area contributed by atoms with Crippen molar-refractivity contribution in [1.29, 1.82) is 0 Å². The molecule has 1 amide bonds. The van der Waals surface area contributed by atoms with Crippen LogP contribution in [0.15, 0.2) is 55.4 Å². The molecular weight excluding hydrogens is 314 g/mol. The quantitative estimate of drug-likeness (QED) is 0.797. The zero-order valence-corrected chi connectivity index (χ0v) is 14.2. The topological polar surface area (TPSA) is 64.7 Å². The number of rotatable bonds is 4. The Morgan fingerprint density at radius 2 is 2.20 bits per heavy atom. The van der Waals surface area contributed by atoms with Gasteiger partial charge in [-0.1, -0.05) is 12.1 Å². The second-order valence-electron chi connectivity index (χ2n) is 6.57. The highest BCUT2D eigenvalue weighted by Gasteiger charge is 2.29. The predicted octanol–water partition coefficient (Wildman–Crippen LogP) is 2.81. The van der Waals surface area contributed by atoms with Crippen molar-refractivity contribution < 1.29 is 4.79 Å². The number of hydrogen-bond acceptors (Lipinski definition) is 3. The van der Waals surface area contributed by atoms with Gasteiger partial charge < -0.3 is 9.88 Å². The first kappa shape index (κ1) is 15.6. The maximum Gasteiger partial charge on any atom is 0.251 e. The van der Waals surface area contributed by atoms with E-state index in [9.17, 15) is 4.79 Å². The second-order valence-corrected chi connectivity index (χ2v) is 6.57. The van der Waals surface area contributed by atoms with Crippen LogP contribution in [0.3, 0.4) is 0 Å². The molecule has 128 valence electrons. The monoisotopic (exact) mass is 335 g/mol. The fraction of sp³-hybridized carbons (Fsp3) is 0.316. The largest absolute Gasteiger partial charge is 0.347 e. The zero-order valence-electron chi connectivity index (χ0n) is 14.2. The molecule has 1 aliphatic carbocycles. The Balaban J connectivity index is 1.51. The summed E-state index contributed by atoms with van der Waals surface area (Å²) in [6.45, 7) is 0. The Morgan fingerprint density at radius 1 is 1.28 bits per heavy atom. The van der Waals surface area contributed by atoms with E-state index in [1.807, 2.05) is 56.2 Å². The number of hydrogen-bond donors (Lipinski definition) is 1. The van der Waals surface area contributed by atoms with Gasteiger partial charge in [-0.3, -0.25) is 9.48 Å². The lowest BCUT2D eigenvalue weighted by Crippen LogP contribution is -2.38. The van der Waals surface area contributed by atoms with Crippen molar-refractivity contribution in [2.24, 2.45) is 7.05 Å². The number of benzene rings is 1. The zero-order chi connectivity index (χ0) is 17.2. The van der Waals surface area contributed by atoms with Gasteiger partial charge in [0.1, 0.15) is 0 Å². The third-order valence-corrected chi connectivity index (χ3v) is 4.87. The van der Waals surface area contributed by atoms with E-state index in [2.05, 4.69) is 20.0 Å². The molecule has 2 atom stereocenters. The van der Waals surface area contributed by atoms with Gasteiger partial charge in [0.05, 0.1) is 18.6 Å². The summed E-state index contributed by atoms with van der Waals surface area (Å²) in [6.07, 6.45) is 12.5. The minimum atomic E-state index is -0.0252. The van der Waals surface area contributed by atoms with Crippen LogP contribution in [-0.4, -0.2) is 31.3 Å². The summed E-state index contributed by atoms with van der Waals surface area (Å²) in [5.41, 5.74) is 2.69. The molecule has 0 bridgehead atoms. The van der Waals surface area contributed by atoms with Crippen LogP contribution in [0.5, 0.6) is 0 Å². The Hall–Kier alpha value is -2.89. The van der Waals surface area contributed by atoms with Crippen molar-refractivity contribution in [3.63, 3.8) is 0 Å². The van der Waals surface area contributed by atoms with Crippen molar-refractivity contribution in [2.75, 3.05) is 0 Å². The predicted molar refractivity (Wildman–Crippen MR) is 95.0 cm³/mol. The molecule has 2 aromatic heterocycles. The van der Waals surface area contributed by atoms with Crippen LogP contribution in [0.25, 0.3) is 11.1 Å². The minimum absolute atomic E-state index is 0.0252. The van der Waals surface area contributed by atoms with E-state index < -0.39 is 0 Å². The van der Waals surface area contributed by atoms with Crippen LogP contribution < -0.4 is 5.32 Å². The molecular formula is C19H21N5O. The number of imidazole rings is 1. The normalized spacial score (nSPS) is 19.9. The number of aryl methyl sites for hydroxylation is 1. The molecule has 0 saturated heterocycles. The first-order valence-corrected chi connectivity index (χ1v) is 8.58. The molecule has 25 heavy (non-hydrogen) atoms. The van der Waals surface area contributed by atoms with Gasteiger partial charge in [0.2, 0.25) is 0 Å². The van der Waals surface area contributed by atoms with E-state index in [0.29, 0.717) is 5.56 Å². The maximum absolute atomic E-state index is 12.7. The van der Waals surface area contributed by atoms with Crippen LogP contribution in [0.2, 0.25) is 0 Å². The third-order valence-electron chi connectivity index (χ3n) is 4.87. The first-order chi connectivity index (χ1) is 12.2. The summed E-state index contributed by atoms with van der Waals surface area (Å²) in [4.78, 5) is 16.9. The van der Waals surface area contributed by atoms with E-state index >= 15 is 0 Å². The van der Waals surface area contributed by atoms with Crippen LogP contribution in [0.4, 0.5) is 0 Å². The molecule has 6 heteroatoms. The summed E-state index contributed by atoms with van der Waals surface area (Å²) in [7, 11) is 1.89. The summed E-state index contributed by atoms with van der Waals surface area (Å²) < 4.78 is 3.86. The molecule has 0 spiro atoms. The van der Waals surface area contributed by atoms with Gasteiger partial charge in [-0.05, 0) is 37.0 Å². The van der Waals surface area contributed by atoms with Gasteiger partial charge in [-0.2, -0.15) is 5.10 Å². The molecule has 6 nitrogen and oxygen atoms in total. The van der Waals surface area contributed by atoms with E-state index in [1.54, 1.807) is 10.9 Å². The molecule has 1 N–H and O–H groups in total. The molecule has 1 fully saturated rings. The summed E-state index contributed by atoms with van der Waals surface area (Å²) in [6, 6.07) is 8.12. The van der Waals surface area contributed by atoms with Crippen LogP contribution in [0.1, 0.15) is 35.7 Å². The Bertz CT molecular complexity index is 868. The molecule has 0 unspecified atom stereocenters. The van der Waals surface area contributed by atoms with Gasteiger partial charge in [-0.15, -0.1) is 0 Å². The fourth-order valence-electron chi connectivity index (χ4n) is 3.59. The molecule has 0 aliphatic heterocycles. The highest BCUT2D eigenvalue weighted by atomic mass is 16.1. The van der Waals surface area contributed by atoms with Crippen molar-refractivity contribution in [2.45, 2.75) is 31.3 Å². The van der Waals surface area contributed by atoms with E-state index in [-0.39, 0.29) is 18.0 Å². The summed E-state index contributed by atoms with van der Waals surface area (Å²) >= 11 is 0. The smallest absolute Gasteiger partial charge is 0.251 e. The van der Waals surface area contributed by atoms with Crippen LogP contribution >= 0.6 is 0 Å². The Labute approximate surface area is 146 Å². The lowest BCUT2D eigenvalue weighted by atomic mass is 10.1. The molecule has 2 heterocycles. The molecule has 1 saturated carbocycles. The Morgan fingerprint density at radius 3 is 2.96 bits per heavy atom. The van der Waals surface area contributed by atoms with Gasteiger partial charge in [0.25, 0.3) is 5.91 Å². The highest BCUT2D eigenvalue weighted by molar-refractivity contribution is 5.95. The molecule has 4 rings (SSSR count). The SMILES string of the molecule is Cn1cc(-c2cccc(C(=O)N[C@@H]3CCC[C@@H]3n3ccnc3)c2)cn1. The van der Waals surface area contributed by atoms with Crippen LogP contribution in [-0.2, 0) is 7.05 Å². The van der Waals surface area contributed by atoms with Gasteiger partial charge >= 0.3 is 0 Å².